The minimum atomic E-state index is 0.0888. The number of allylic oxidation sites excluding steroid dienone is 1. The highest BCUT2D eigenvalue weighted by Gasteiger charge is 2.14. The molecule has 3 heteroatoms. The molecule has 0 spiro atoms. The highest BCUT2D eigenvalue weighted by molar-refractivity contribution is 5.04. The summed E-state index contributed by atoms with van der Waals surface area (Å²) in [5, 5.41) is 0. The largest absolute Gasteiger partial charge is 0.497 e. The van der Waals surface area contributed by atoms with E-state index in [-0.39, 0.29) is 6.04 Å². The molecule has 0 bridgehead atoms. The molecule has 1 rings (SSSR count). The number of nitrogens with two attached hydrogens (primary N) is 1. The zero-order valence-corrected chi connectivity index (χ0v) is 10.0. The maximum absolute atomic E-state index is 6.09. The molecule has 88 valence electrons. The topological polar surface area (TPSA) is 38.5 Å². The second-order valence-electron chi connectivity index (χ2n) is 4.02. The smallest absolute Gasteiger partial charge is 0.109 e. The van der Waals surface area contributed by atoms with Gasteiger partial charge in [-0.25, -0.2) is 0 Å². The average Bonchev–Trinajstić information content (AvgIpc) is 2.31. The number of rotatable bonds is 6. The van der Waals surface area contributed by atoms with E-state index in [1.165, 1.54) is 0 Å². The quantitative estimate of drug-likeness (QED) is 0.729. The third-order valence-corrected chi connectivity index (χ3v) is 2.98. The van der Waals surface area contributed by atoms with Crippen LogP contribution < -0.4 is 5.73 Å². The lowest BCUT2D eigenvalue weighted by Gasteiger charge is -2.24. The molecule has 1 aliphatic heterocycles. The Balaban J connectivity index is 2.28. The fourth-order valence-electron chi connectivity index (χ4n) is 1.84. The normalized spacial score (nSPS) is 18.5. The zero-order chi connectivity index (χ0) is 11.1. The van der Waals surface area contributed by atoms with Crippen molar-refractivity contribution < 1.29 is 4.74 Å². The van der Waals surface area contributed by atoms with Gasteiger partial charge in [0.1, 0.15) is 5.76 Å². The van der Waals surface area contributed by atoms with Crippen molar-refractivity contribution in [2.45, 2.75) is 39.2 Å². The monoisotopic (exact) mass is 212 g/mol. The van der Waals surface area contributed by atoms with Gasteiger partial charge in [-0.3, -0.25) is 0 Å². The van der Waals surface area contributed by atoms with E-state index in [2.05, 4.69) is 24.8 Å². The molecule has 0 aromatic rings. The summed E-state index contributed by atoms with van der Waals surface area (Å²) < 4.78 is 5.56. The number of hydrogen-bond donors (Lipinski definition) is 1. The Labute approximate surface area is 93.3 Å². The molecule has 1 atom stereocenters. The molecular formula is C12H24N2O. The van der Waals surface area contributed by atoms with Gasteiger partial charge in [0.15, 0.2) is 0 Å². The van der Waals surface area contributed by atoms with E-state index in [1.54, 1.807) is 0 Å². The SMILES string of the molecule is CCN(CC)CCC(N)C1=CCCCO1. The highest BCUT2D eigenvalue weighted by Crippen LogP contribution is 2.14. The fourth-order valence-corrected chi connectivity index (χ4v) is 1.84. The van der Waals surface area contributed by atoms with Crippen molar-refractivity contribution >= 4 is 0 Å². The fraction of sp³-hybridized carbons (Fsp3) is 0.833. The molecule has 0 aromatic carbocycles. The van der Waals surface area contributed by atoms with Gasteiger partial charge < -0.3 is 15.4 Å². The van der Waals surface area contributed by atoms with Gasteiger partial charge >= 0.3 is 0 Å². The molecule has 1 heterocycles. The summed E-state index contributed by atoms with van der Waals surface area (Å²) in [4.78, 5) is 2.39. The van der Waals surface area contributed by atoms with Crippen molar-refractivity contribution in [1.82, 2.24) is 4.90 Å². The van der Waals surface area contributed by atoms with Crippen LogP contribution in [0.15, 0.2) is 11.8 Å². The Morgan fingerprint density at radius 2 is 2.20 bits per heavy atom. The second-order valence-corrected chi connectivity index (χ2v) is 4.02. The minimum absolute atomic E-state index is 0.0888. The molecule has 0 saturated carbocycles. The van der Waals surface area contributed by atoms with Gasteiger partial charge in [0, 0.05) is 6.54 Å². The first-order chi connectivity index (χ1) is 7.27. The van der Waals surface area contributed by atoms with Crippen LogP contribution in [0.1, 0.15) is 33.1 Å². The van der Waals surface area contributed by atoms with Crippen molar-refractivity contribution in [3.63, 3.8) is 0 Å². The maximum atomic E-state index is 6.09. The Bertz CT molecular complexity index is 200. The highest BCUT2D eigenvalue weighted by atomic mass is 16.5. The lowest BCUT2D eigenvalue weighted by Crippen LogP contribution is -2.32. The van der Waals surface area contributed by atoms with Crippen molar-refractivity contribution in [2.75, 3.05) is 26.2 Å². The molecule has 0 aromatic heterocycles. The van der Waals surface area contributed by atoms with Crippen molar-refractivity contribution in [2.24, 2.45) is 5.73 Å². The van der Waals surface area contributed by atoms with Crippen LogP contribution in [-0.4, -0.2) is 37.2 Å². The van der Waals surface area contributed by atoms with Gasteiger partial charge in [0.05, 0.1) is 12.6 Å². The number of hydrogen-bond acceptors (Lipinski definition) is 3. The van der Waals surface area contributed by atoms with E-state index in [4.69, 9.17) is 10.5 Å². The van der Waals surface area contributed by atoms with Crippen molar-refractivity contribution in [1.29, 1.82) is 0 Å². The van der Waals surface area contributed by atoms with Crippen LogP contribution in [0.5, 0.6) is 0 Å². The Morgan fingerprint density at radius 1 is 1.47 bits per heavy atom. The molecule has 0 saturated heterocycles. The lowest BCUT2D eigenvalue weighted by atomic mass is 10.1. The van der Waals surface area contributed by atoms with Crippen LogP contribution >= 0.6 is 0 Å². The molecule has 1 aliphatic rings. The minimum Gasteiger partial charge on any atom is -0.497 e. The van der Waals surface area contributed by atoms with Gasteiger partial charge in [0.25, 0.3) is 0 Å². The van der Waals surface area contributed by atoms with E-state index < -0.39 is 0 Å². The van der Waals surface area contributed by atoms with Gasteiger partial charge in [-0.1, -0.05) is 13.8 Å². The summed E-state index contributed by atoms with van der Waals surface area (Å²) in [5.74, 6) is 1.01. The standard InChI is InChI=1S/C12H24N2O/c1-3-14(4-2)9-8-11(13)12-7-5-6-10-15-12/h7,11H,3-6,8-10,13H2,1-2H3. The van der Waals surface area contributed by atoms with Crippen LogP contribution in [0.4, 0.5) is 0 Å². The van der Waals surface area contributed by atoms with Gasteiger partial charge in [-0.2, -0.15) is 0 Å². The first-order valence-electron chi connectivity index (χ1n) is 6.08. The molecule has 0 fully saturated rings. The van der Waals surface area contributed by atoms with Crippen LogP contribution in [0.25, 0.3) is 0 Å². The molecule has 2 N–H and O–H groups in total. The predicted octanol–water partition coefficient (Wildman–Crippen LogP) is 1.74. The van der Waals surface area contributed by atoms with E-state index in [9.17, 15) is 0 Å². The molecule has 0 aliphatic carbocycles. The van der Waals surface area contributed by atoms with Gasteiger partial charge in [-0.05, 0) is 38.4 Å². The Morgan fingerprint density at radius 3 is 2.73 bits per heavy atom. The first kappa shape index (κ1) is 12.5. The molecular weight excluding hydrogens is 188 g/mol. The molecule has 3 nitrogen and oxygen atoms in total. The molecule has 0 amide bonds. The zero-order valence-electron chi connectivity index (χ0n) is 10.0. The van der Waals surface area contributed by atoms with Crippen LogP contribution in [0.3, 0.4) is 0 Å². The molecule has 0 radical (unpaired) electrons. The van der Waals surface area contributed by atoms with Gasteiger partial charge in [-0.15, -0.1) is 0 Å². The summed E-state index contributed by atoms with van der Waals surface area (Å²) in [6, 6.07) is 0.0888. The average molecular weight is 212 g/mol. The third-order valence-electron chi connectivity index (χ3n) is 2.98. The van der Waals surface area contributed by atoms with Gasteiger partial charge in [0.2, 0.25) is 0 Å². The molecule has 15 heavy (non-hydrogen) atoms. The first-order valence-corrected chi connectivity index (χ1v) is 6.08. The third kappa shape index (κ3) is 4.22. The summed E-state index contributed by atoms with van der Waals surface area (Å²) in [5.41, 5.74) is 6.09. The second kappa shape index (κ2) is 6.85. The summed E-state index contributed by atoms with van der Waals surface area (Å²) in [7, 11) is 0. The number of ether oxygens (including phenoxy) is 1. The lowest BCUT2D eigenvalue weighted by molar-refractivity contribution is 0.169. The van der Waals surface area contributed by atoms with Crippen molar-refractivity contribution in [3.8, 4) is 0 Å². The summed E-state index contributed by atoms with van der Waals surface area (Å²) in [6.45, 7) is 8.47. The Hall–Kier alpha value is -0.540. The van der Waals surface area contributed by atoms with E-state index in [0.717, 1.165) is 51.3 Å². The van der Waals surface area contributed by atoms with Crippen LogP contribution in [0, 0.1) is 0 Å². The summed E-state index contributed by atoms with van der Waals surface area (Å²) >= 11 is 0. The van der Waals surface area contributed by atoms with E-state index in [1.807, 2.05) is 0 Å². The predicted molar refractivity (Wildman–Crippen MR) is 63.6 cm³/mol. The summed E-state index contributed by atoms with van der Waals surface area (Å²) in [6.07, 6.45) is 5.39. The molecule has 1 unspecified atom stereocenters. The van der Waals surface area contributed by atoms with E-state index in [0.29, 0.717) is 0 Å². The van der Waals surface area contributed by atoms with Crippen LogP contribution in [-0.2, 0) is 4.74 Å². The number of nitrogens with zero attached hydrogens (tertiary/aromatic N) is 1. The Kier molecular flexibility index (Phi) is 5.73. The van der Waals surface area contributed by atoms with Crippen molar-refractivity contribution in [3.05, 3.63) is 11.8 Å². The maximum Gasteiger partial charge on any atom is 0.109 e. The van der Waals surface area contributed by atoms with Crippen LogP contribution in [0.2, 0.25) is 0 Å². The van der Waals surface area contributed by atoms with E-state index >= 15 is 0 Å².